The molecule has 2 heterocycles. The molecule has 5 rings (SSSR count). The highest BCUT2D eigenvalue weighted by Crippen LogP contribution is 2.34. The van der Waals surface area contributed by atoms with E-state index in [1.807, 2.05) is 12.1 Å². The number of nitrogens with one attached hydrogen (secondary N) is 2. The van der Waals surface area contributed by atoms with Crippen molar-refractivity contribution in [2.75, 3.05) is 6.54 Å². The third-order valence-corrected chi connectivity index (χ3v) is 5.46. The highest BCUT2D eigenvalue weighted by atomic mass is 19.1. The lowest BCUT2D eigenvalue weighted by Crippen LogP contribution is -2.25. The minimum absolute atomic E-state index is 0.0570. The summed E-state index contributed by atoms with van der Waals surface area (Å²) in [7, 11) is 0. The van der Waals surface area contributed by atoms with Gasteiger partial charge in [0.2, 0.25) is 0 Å². The highest BCUT2D eigenvalue weighted by Gasteiger charge is 2.22. The standard InChI is InChI=1S/C24H21FN4O2/c1-14-21(22(29-31-14)18-3-2-4-19(25)11-18)20-13-26-23(28-20)16-7-9-17(10-8-16)24(30)27-12-15-5-6-15/h2-4,7-11,13,15H,5-6,12H2,1H3,(H,26,28)(H,27,30). The van der Waals surface area contributed by atoms with Crippen LogP contribution in [0.15, 0.2) is 59.3 Å². The van der Waals surface area contributed by atoms with Gasteiger partial charge in [-0.15, -0.1) is 0 Å². The van der Waals surface area contributed by atoms with Gasteiger partial charge < -0.3 is 14.8 Å². The van der Waals surface area contributed by atoms with Crippen molar-refractivity contribution in [2.45, 2.75) is 19.8 Å². The number of hydrogen-bond acceptors (Lipinski definition) is 4. The number of aromatic amines is 1. The number of aromatic nitrogens is 3. The van der Waals surface area contributed by atoms with E-state index in [2.05, 4.69) is 20.4 Å². The highest BCUT2D eigenvalue weighted by molar-refractivity contribution is 5.94. The van der Waals surface area contributed by atoms with Gasteiger partial charge in [0.15, 0.2) is 0 Å². The number of hydrogen-bond donors (Lipinski definition) is 2. The van der Waals surface area contributed by atoms with E-state index in [9.17, 15) is 9.18 Å². The van der Waals surface area contributed by atoms with E-state index < -0.39 is 0 Å². The summed E-state index contributed by atoms with van der Waals surface area (Å²) in [6.07, 6.45) is 4.17. The molecule has 0 saturated heterocycles. The third-order valence-electron chi connectivity index (χ3n) is 5.46. The van der Waals surface area contributed by atoms with Crippen LogP contribution in [0.3, 0.4) is 0 Å². The van der Waals surface area contributed by atoms with Crippen LogP contribution in [0.5, 0.6) is 0 Å². The second-order valence-electron chi connectivity index (χ2n) is 7.84. The van der Waals surface area contributed by atoms with Gasteiger partial charge in [0.1, 0.15) is 23.1 Å². The van der Waals surface area contributed by atoms with Gasteiger partial charge in [-0.1, -0.05) is 29.4 Å². The van der Waals surface area contributed by atoms with Crippen LogP contribution in [-0.4, -0.2) is 27.6 Å². The number of carbonyl (C=O) groups is 1. The Balaban J connectivity index is 1.39. The second kappa shape index (κ2) is 7.83. The first kappa shape index (κ1) is 19.2. The zero-order chi connectivity index (χ0) is 21.4. The van der Waals surface area contributed by atoms with Crippen LogP contribution in [0.1, 0.15) is 29.0 Å². The van der Waals surface area contributed by atoms with Gasteiger partial charge in [-0.3, -0.25) is 4.79 Å². The van der Waals surface area contributed by atoms with Crippen molar-refractivity contribution >= 4 is 5.91 Å². The zero-order valence-corrected chi connectivity index (χ0v) is 17.0. The zero-order valence-electron chi connectivity index (χ0n) is 17.0. The summed E-state index contributed by atoms with van der Waals surface area (Å²) in [6, 6.07) is 13.5. The van der Waals surface area contributed by atoms with E-state index >= 15 is 0 Å². The molecule has 1 amide bonds. The number of nitrogens with zero attached hydrogens (tertiary/aromatic N) is 2. The molecule has 1 aliphatic carbocycles. The van der Waals surface area contributed by atoms with Crippen LogP contribution in [0.4, 0.5) is 4.39 Å². The minimum atomic E-state index is -0.340. The normalized spacial score (nSPS) is 13.4. The maximum atomic E-state index is 13.7. The molecule has 2 aromatic heterocycles. The molecule has 7 heteroatoms. The van der Waals surface area contributed by atoms with Gasteiger partial charge in [0.05, 0.1) is 11.3 Å². The number of H-pyrrole nitrogens is 1. The van der Waals surface area contributed by atoms with Crippen LogP contribution in [-0.2, 0) is 0 Å². The van der Waals surface area contributed by atoms with E-state index in [0.29, 0.717) is 45.6 Å². The molecule has 1 fully saturated rings. The average molecular weight is 416 g/mol. The molecular formula is C24H21FN4O2. The quantitative estimate of drug-likeness (QED) is 0.464. The Morgan fingerprint density at radius 1 is 1.19 bits per heavy atom. The van der Waals surface area contributed by atoms with Crippen LogP contribution in [0.2, 0.25) is 0 Å². The summed E-state index contributed by atoms with van der Waals surface area (Å²) in [5.74, 6) is 1.50. The molecule has 0 atom stereocenters. The predicted octanol–water partition coefficient (Wildman–Crippen LogP) is 4.99. The molecule has 0 unspecified atom stereocenters. The molecule has 4 aromatic rings. The number of rotatable bonds is 6. The van der Waals surface area contributed by atoms with Crippen LogP contribution in [0.25, 0.3) is 33.9 Å². The van der Waals surface area contributed by atoms with Gasteiger partial charge in [-0.2, -0.15) is 0 Å². The number of benzene rings is 2. The molecule has 1 aliphatic rings. The topological polar surface area (TPSA) is 83.8 Å². The molecule has 0 radical (unpaired) electrons. The van der Waals surface area contributed by atoms with E-state index in [1.165, 1.54) is 25.0 Å². The average Bonchev–Trinajstić information content (AvgIpc) is 3.35. The summed E-state index contributed by atoms with van der Waals surface area (Å²) in [4.78, 5) is 20.1. The van der Waals surface area contributed by atoms with Crippen LogP contribution >= 0.6 is 0 Å². The maximum absolute atomic E-state index is 13.7. The summed E-state index contributed by atoms with van der Waals surface area (Å²) >= 11 is 0. The molecule has 6 nitrogen and oxygen atoms in total. The maximum Gasteiger partial charge on any atom is 0.251 e. The van der Waals surface area contributed by atoms with Crippen LogP contribution in [0, 0.1) is 18.7 Å². The van der Waals surface area contributed by atoms with Crippen molar-refractivity contribution in [3.63, 3.8) is 0 Å². The Bertz CT molecular complexity index is 1240. The fourth-order valence-corrected chi connectivity index (χ4v) is 3.54. The molecule has 0 aliphatic heterocycles. The molecule has 31 heavy (non-hydrogen) atoms. The van der Waals surface area contributed by atoms with Crippen molar-refractivity contribution in [1.82, 2.24) is 20.4 Å². The summed E-state index contributed by atoms with van der Waals surface area (Å²) < 4.78 is 19.1. The first-order valence-electron chi connectivity index (χ1n) is 10.2. The van der Waals surface area contributed by atoms with Gasteiger partial charge in [-0.25, -0.2) is 9.37 Å². The first-order valence-corrected chi connectivity index (χ1v) is 10.2. The molecular weight excluding hydrogens is 395 g/mol. The van der Waals surface area contributed by atoms with E-state index in [0.717, 1.165) is 12.1 Å². The van der Waals surface area contributed by atoms with Crippen molar-refractivity contribution in [2.24, 2.45) is 5.92 Å². The van der Waals surface area contributed by atoms with Crippen LogP contribution < -0.4 is 5.32 Å². The van der Waals surface area contributed by atoms with Crippen molar-refractivity contribution in [1.29, 1.82) is 0 Å². The second-order valence-corrected chi connectivity index (χ2v) is 7.84. The van der Waals surface area contributed by atoms with E-state index in [-0.39, 0.29) is 11.7 Å². The molecule has 2 N–H and O–H groups in total. The van der Waals surface area contributed by atoms with Gasteiger partial charge >= 0.3 is 0 Å². The number of amides is 1. The van der Waals surface area contributed by atoms with E-state index in [1.54, 1.807) is 37.4 Å². The lowest BCUT2D eigenvalue weighted by atomic mass is 10.0. The fourth-order valence-electron chi connectivity index (χ4n) is 3.54. The Morgan fingerprint density at radius 2 is 2.00 bits per heavy atom. The number of carbonyl (C=O) groups excluding carboxylic acids is 1. The summed E-state index contributed by atoms with van der Waals surface area (Å²) in [6.45, 7) is 2.54. The fraction of sp³-hybridized carbons (Fsp3) is 0.208. The van der Waals surface area contributed by atoms with Crippen molar-refractivity contribution in [3.05, 3.63) is 71.9 Å². The Kier molecular flexibility index (Phi) is 4.86. The molecule has 2 aromatic carbocycles. The summed E-state index contributed by atoms with van der Waals surface area (Å²) in [5.41, 5.74) is 4.00. The SMILES string of the molecule is Cc1onc(-c2cccc(F)c2)c1-c1c[nH]c(-c2ccc(C(=O)NCC3CC3)cc2)n1. The lowest BCUT2D eigenvalue weighted by Gasteiger charge is -2.04. The van der Waals surface area contributed by atoms with Crippen molar-refractivity contribution in [3.8, 4) is 33.9 Å². The number of halogens is 1. The van der Waals surface area contributed by atoms with Gasteiger partial charge in [0.25, 0.3) is 5.91 Å². The minimum Gasteiger partial charge on any atom is -0.360 e. The Hall–Kier alpha value is -3.74. The Labute approximate surface area is 178 Å². The number of aryl methyl sites for hydroxylation is 1. The first-order chi connectivity index (χ1) is 15.1. The largest absolute Gasteiger partial charge is 0.360 e. The molecule has 0 bridgehead atoms. The molecule has 0 spiro atoms. The summed E-state index contributed by atoms with van der Waals surface area (Å²) in [5, 5.41) is 7.08. The lowest BCUT2D eigenvalue weighted by molar-refractivity contribution is 0.0952. The predicted molar refractivity (Wildman–Crippen MR) is 115 cm³/mol. The van der Waals surface area contributed by atoms with Crippen molar-refractivity contribution < 1.29 is 13.7 Å². The van der Waals surface area contributed by atoms with Gasteiger partial charge in [-0.05, 0) is 49.9 Å². The van der Waals surface area contributed by atoms with Gasteiger partial charge in [0, 0.05) is 29.4 Å². The monoisotopic (exact) mass is 416 g/mol. The molecule has 156 valence electrons. The van der Waals surface area contributed by atoms with E-state index in [4.69, 9.17) is 4.52 Å². The third kappa shape index (κ3) is 3.99. The Morgan fingerprint density at radius 3 is 2.74 bits per heavy atom. The smallest absolute Gasteiger partial charge is 0.251 e. The molecule has 1 saturated carbocycles. The number of imidazole rings is 1.